The summed E-state index contributed by atoms with van der Waals surface area (Å²) in [6.45, 7) is -0.531. The van der Waals surface area contributed by atoms with Crippen molar-refractivity contribution in [3.63, 3.8) is 0 Å². The smallest absolute Gasteiger partial charge is 0.383 e. The molecule has 37 heavy (non-hydrogen) atoms. The minimum Gasteiger partial charge on any atom is -0.611 e. The Hall–Kier alpha value is -3.05. The fourth-order valence-corrected chi connectivity index (χ4v) is 5.02. The van der Waals surface area contributed by atoms with Gasteiger partial charge in [-0.15, -0.1) is 5.09 Å². The molecule has 17 heteroatoms. The number of carbonyl (C=O) groups excluding carboxylic acids is 1. The number of benzene rings is 1. The fraction of sp³-hybridized carbons (Fsp3) is 0.400. The van der Waals surface area contributed by atoms with Crippen molar-refractivity contribution in [3.8, 4) is 0 Å². The van der Waals surface area contributed by atoms with Gasteiger partial charge in [0.05, 0.1) is 7.11 Å². The van der Waals surface area contributed by atoms with Gasteiger partial charge in [0.15, 0.2) is 0 Å². The highest BCUT2D eigenvalue weighted by atomic mass is 31.2. The van der Waals surface area contributed by atoms with Crippen LogP contribution in [-0.4, -0.2) is 76.8 Å². The van der Waals surface area contributed by atoms with Gasteiger partial charge in [0.25, 0.3) is 12.2 Å². The lowest BCUT2D eigenvalue weighted by Crippen LogP contribution is -2.56. The molecule has 2 aromatic rings. The van der Waals surface area contributed by atoms with Crippen LogP contribution in [0.5, 0.6) is 0 Å². The second-order valence-electron chi connectivity index (χ2n) is 8.14. The first kappa shape index (κ1) is 27.0. The van der Waals surface area contributed by atoms with Gasteiger partial charge in [-0.3, -0.25) is 14.6 Å². The van der Waals surface area contributed by atoms with Crippen LogP contribution in [0.4, 0.5) is 17.5 Å². The summed E-state index contributed by atoms with van der Waals surface area (Å²) in [6, 6.07) is 7.80. The molecule has 0 saturated carbocycles. The summed E-state index contributed by atoms with van der Waals surface area (Å²) in [5.74, 6) is 2.30. The number of aliphatic imine (C=N–C) groups is 1. The number of carbonyl (C=O) groups is 1. The van der Waals surface area contributed by atoms with Crippen LogP contribution in [0.1, 0.15) is 5.56 Å². The lowest BCUT2D eigenvalue weighted by Gasteiger charge is -2.27. The van der Waals surface area contributed by atoms with E-state index in [9.17, 15) is 24.7 Å². The van der Waals surface area contributed by atoms with Gasteiger partial charge >= 0.3 is 25.3 Å². The van der Waals surface area contributed by atoms with E-state index in [0.29, 0.717) is 0 Å². The second-order valence-corrected chi connectivity index (χ2v) is 9.91. The van der Waals surface area contributed by atoms with Gasteiger partial charge in [-0.25, -0.2) is 0 Å². The van der Waals surface area contributed by atoms with Crippen molar-refractivity contribution in [2.45, 2.75) is 37.0 Å². The van der Waals surface area contributed by atoms with E-state index in [1.54, 1.807) is 30.3 Å². The first-order chi connectivity index (χ1) is 17.7. The van der Waals surface area contributed by atoms with E-state index in [2.05, 4.69) is 25.9 Å². The molecule has 2 aliphatic heterocycles. The highest BCUT2D eigenvalue weighted by molar-refractivity contribution is 7.56. The first-order valence-electron chi connectivity index (χ1n) is 11.0. The number of nitrogens with zero attached hydrogens (tertiary/aromatic N) is 3. The van der Waals surface area contributed by atoms with E-state index in [4.69, 9.17) is 24.4 Å². The minimum absolute atomic E-state index is 0.0225. The number of anilines is 2. The van der Waals surface area contributed by atoms with Gasteiger partial charge in [-0.1, -0.05) is 30.3 Å². The summed E-state index contributed by atoms with van der Waals surface area (Å²) < 4.78 is 20.7. The van der Waals surface area contributed by atoms with Crippen molar-refractivity contribution in [1.29, 1.82) is 0 Å². The highest BCUT2D eigenvalue weighted by Gasteiger charge is 2.53. The molecule has 2 aliphatic rings. The van der Waals surface area contributed by atoms with Crippen molar-refractivity contribution in [2.75, 3.05) is 24.4 Å². The molecule has 9 N–H and O–H groups in total. The Labute approximate surface area is 210 Å². The zero-order valence-electron chi connectivity index (χ0n) is 19.6. The number of aliphatic hydroxyl groups is 2. The molecule has 1 aromatic carbocycles. The molecule has 3 heterocycles. The molecule has 1 radical (unpaired) electrons. The summed E-state index contributed by atoms with van der Waals surface area (Å²) in [4.78, 5) is 49.1. The van der Waals surface area contributed by atoms with E-state index in [0.717, 1.165) is 5.56 Å². The number of quaternary nitrogens is 1. The zero-order valence-corrected chi connectivity index (χ0v) is 20.5. The van der Waals surface area contributed by atoms with Gasteiger partial charge in [-0.05, 0) is 15.2 Å². The highest BCUT2D eigenvalue weighted by Crippen LogP contribution is 2.47. The quantitative estimate of drug-likeness (QED) is 0.0963. The van der Waals surface area contributed by atoms with Crippen LogP contribution < -0.4 is 37.1 Å². The predicted octanol–water partition coefficient (Wildman–Crippen LogP) is -3.78. The van der Waals surface area contributed by atoms with Crippen LogP contribution in [0.3, 0.4) is 0 Å². The SMILES string of the molecule is COC(=O)C(Cc1ccccc1)N[P+]([O-])(O[NH3+])OC[C@@H]1O[C@H](N2C=[N+]c3c2nc(N)[nH]c3=O)[C@H](O)[C@H]1O. The van der Waals surface area contributed by atoms with Gasteiger partial charge < -0.3 is 30.3 Å². The maximum atomic E-state index is 13.2. The molecule has 16 nitrogen and oxygen atoms in total. The predicted molar refractivity (Wildman–Crippen MR) is 126 cm³/mol. The number of hydrogen-bond acceptors (Lipinski definition) is 14. The van der Waals surface area contributed by atoms with Crippen molar-refractivity contribution in [3.05, 3.63) is 46.2 Å². The number of esters is 1. The number of fused-ring (bicyclic) bond motifs is 1. The fourth-order valence-electron chi connectivity index (χ4n) is 3.87. The van der Waals surface area contributed by atoms with E-state index in [1.165, 1.54) is 18.3 Å². The Morgan fingerprint density at radius 1 is 1.41 bits per heavy atom. The summed E-state index contributed by atoms with van der Waals surface area (Å²) in [5.41, 5.74) is 5.71. The van der Waals surface area contributed by atoms with E-state index >= 15 is 0 Å². The standard InChI is InChI=1S/C20H26N7O9P/c1-33-19(31)11(7-10-5-3-2-4-6-10)26-37(32,36-22)34-8-12-14(28)15(29)18(35-12)27-9-23-13-16(27)24-20(21)25-17(13)30/h2-6,9,11-12,14-15,18,28-29H,7-8H2,1,22H3,(H3-,21,24,25,26,30,32)/q+1/p+1/t11?,12-,14-,15+,18-,37?/m0/s1. The van der Waals surface area contributed by atoms with Crippen LogP contribution in [0.2, 0.25) is 0 Å². The molecule has 6 atom stereocenters. The second kappa shape index (κ2) is 11.1. The van der Waals surface area contributed by atoms with E-state index < -0.39 is 56.8 Å². The van der Waals surface area contributed by atoms with Gasteiger partial charge in [0.2, 0.25) is 12.2 Å². The number of nitrogens with two attached hydrogens (primary N) is 1. The van der Waals surface area contributed by atoms with Crippen LogP contribution in [0.25, 0.3) is 0 Å². The molecule has 4 rings (SSSR count). The monoisotopic (exact) mass is 540 g/mol. The molecule has 1 saturated heterocycles. The Morgan fingerprint density at radius 3 is 2.81 bits per heavy atom. The van der Waals surface area contributed by atoms with Crippen molar-refractivity contribution >= 4 is 37.9 Å². The summed E-state index contributed by atoms with van der Waals surface area (Å²) in [6.07, 6.45) is -4.12. The number of methoxy groups -OCH3 is 1. The maximum absolute atomic E-state index is 13.2. The minimum atomic E-state index is -4.22. The topological polar surface area (TPSA) is 246 Å². The maximum Gasteiger partial charge on any atom is 0.383 e. The Bertz CT molecular complexity index is 1200. The largest absolute Gasteiger partial charge is 0.611 e. The third kappa shape index (κ3) is 5.77. The Morgan fingerprint density at radius 2 is 2.14 bits per heavy atom. The lowest BCUT2D eigenvalue weighted by molar-refractivity contribution is -0.652. The third-order valence-corrected chi connectivity index (χ3v) is 7.18. The van der Waals surface area contributed by atoms with E-state index in [-0.39, 0.29) is 23.9 Å². The van der Waals surface area contributed by atoms with Gasteiger partial charge in [0, 0.05) is 6.42 Å². The number of aromatic nitrogens is 2. The summed E-state index contributed by atoms with van der Waals surface area (Å²) in [5, 5.41) is 23.6. The van der Waals surface area contributed by atoms with Crippen LogP contribution in [0.15, 0.2) is 35.1 Å². The molecule has 0 amide bonds. The first-order valence-corrected chi connectivity index (χ1v) is 12.5. The number of ether oxygens (including phenoxy) is 2. The van der Waals surface area contributed by atoms with Gasteiger partial charge in [-0.2, -0.15) is 20.3 Å². The Balaban J connectivity index is 1.44. The van der Waals surface area contributed by atoms with Crippen LogP contribution >= 0.6 is 8.09 Å². The van der Waals surface area contributed by atoms with Crippen LogP contribution in [-0.2, 0) is 29.8 Å². The van der Waals surface area contributed by atoms with E-state index in [1.807, 2.05) is 0 Å². The average Bonchev–Trinajstić information content (AvgIpc) is 3.43. The number of nitrogens with one attached hydrogen (secondary N) is 2. The molecule has 199 valence electrons. The number of hydrogen-bond donors (Lipinski definition) is 6. The van der Waals surface area contributed by atoms with Crippen molar-refractivity contribution in [1.82, 2.24) is 20.0 Å². The number of nitrogen functional groups attached to an aromatic ring is 1. The summed E-state index contributed by atoms with van der Waals surface area (Å²) in [7, 11) is -3.04. The molecule has 0 bridgehead atoms. The van der Waals surface area contributed by atoms with Crippen LogP contribution in [0, 0.1) is 0 Å². The number of aliphatic hydroxyl groups excluding tert-OH is 2. The molecule has 1 fully saturated rings. The normalized spacial score (nSPS) is 25.1. The van der Waals surface area contributed by atoms with Gasteiger partial charge in [0.1, 0.15) is 31.0 Å². The number of aromatic amines is 1. The number of H-pyrrole nitrogens is 1. The molecular weight excluding hydrogens is 513 g/mol. The molecule has 0 aliphatic carbocycles. The number of rotatable bonds is 10. The third-order valence-electron chi connectivity index (χ3n) is 5.72. The van der Waals surface area contributed by atoms with Crippen molar-refractivity contribution in [2.24, 2.45) is 0 Å². The Kier molecular flexibility index (Phi) is 8.13. The van der Waals surface area contributed by atoms with Crippen molar-refractivity contribution < 1.29 is 44.4 Å². The molecule has 0 spiro atoms. The molecule has 2 unspecified atom stereocenters. The lowest BCUT2D eigenvalue weighted by atomic mass is 10.1. The zero-order chi connectivity index (χ0) is 26.7. The summed E-state index contributed by atoms with van der Waals surface area (Å²) >= 11 is 0. The molecule has 1 aromatic heterocycles. The molecular formula is C20H27N7O9P+2. The average molecular weight is 540 g/mol.